The van der Waals surface area contributed by atoms with Crippen molar-refractivity contribution < 1.29 is 8.42 Å². The first kappa shape index (κ1) is 14.0. The molecule has 0 saturated heterocycles. The average Bonchev–Trinajstić information content (AvgIpc) is 2.70. The third-order valence-corrected chi connectivity index (χ3v) is 5.44. The van der Waals surface area contributed by atoms with Gasteiger partial charge >= 0.3 is 0 Å². The Morgan fingerprint density at radius 2 is 2.11 bits per heavy atom. The molecule has 0 aliphatic rings. The molecule has 2 rings (SSSR count). The average molecular weight is 297 g/mol. The van der Waals surface area contributed by atoms with E-state index in [0.29, 0.717) is 16.1 Å². The summed E-state index contributed by atoms with van der Waals surface area (Å²) in [6.45, 7) is 3.82. The van der Waals surface area contributed by atoms with Gasteiger partial charge in [0, 0.05) is 17.6 Å². The van der Waals surface area contributed by atoms with Gasteiger partial charge in [0.15, 0.2) is 0 Å². The van der Waals surface area contributed by atoms with Crippen LogP contribution in [0.15, 0.2) is 28.7 Å². The van der Waals surface area contributed by atoms with Crippen LogP contribution >= 0.6 is 11.3 Å². The zero-order chi connectivity index (χ0) is 14.0. The summed E-state index contributed by atoms with van der Waals surface area (Å²) in [5.74, 6) is 0. The van der Waals surface area contributed by atoms with E-state index < -0.39 is 10.0 Å². The smallest absolute Gasteiger partial charge is 0.263 e. The van der Waals surface area contributed by atoms with Crippen molar-refractivity contribution >= 4 is 27.0 Å². The van der Waals surface area contributed by atoms with Crippen molar-refractivity contribution in [2.24, 2.45) is 5.73 Å². The first-order valence-corrected chi connectivity index (χ1v) is 8.02. The molecule has 5 nitrogen and oxygen atoms in total. The van der Waals surface area contributed by atoms with Crippen molar-refractivity contribution in [2.75, 3.05) is 4.72 Å². The Morgan fingerprint density at radius 3 is 2.74 bits per heavy atom. The van der Waals surface area contributed by atoms with Crippen LogP contribution in [0.4, 0.5) is 5.69 Å². The number of pyridine rings is 1. The quantitative estimate of drug-likeness (QED) is 0.904. The van der Waals surface area contributed by atoms with Crippen LogP contribution in [0.1, 0.15) is 16.0 Å². The molecular weight excluding hydrogens is 282 g/mol. The summed E-state index contributed by atoms with van der Waals surface area (Å²) in [7, 11) is -3.62. The Bertz CT molecular complexity index is 693. The molecule has 7 heteroatoms. The van der Waals surface area contributed by atoms with Crippen molar-refractivity contribution in [2.45, 2.75) is 25.3 Å². The second kappa shape index (κ2) is 5.28. The molecule has 2 aromatic rings. The van der Waals surface area contributed by atoms with E-state index in [-0.39, 0.29) is 11.4 Å². The zero-order valence-corrected chi connectivity index (χ0v) is 12.3. The van der Waals surface area contributed by atoms with E-state index >= 15 is 0 Å². The van der Waals surface area contributed by atoms with Crippen molar-refractivity contribution in [3.8, 4) is 0 Å². The minimum Gasteiger partial charge on any atom is -0.326 e. The number of anilines is 1. The number of nitrogens with one attached hydrogen (secondary N) is 1. The lowest BCUT2D eigenvalue weighted by molar-refractivity contribution is 0.600. The number of aromatic nitrogens is 1. The molecule has 0 aromatic carbocycles. The lowest BCUT2D eigenvalue weighted by Gasteiger charge is -2.09. The molecule has 0 aliphatic heterocycles. The van der Waals surface area contributed by atoms with Crippen LogP contribution in [0, 0.1) is 13.8 Å². The van der Waals surface area contributed by atoms with Crippen molar-refractivity contribution in [3.63, 3.8) is 0 Å². The summed E-state index contributed by atoms with van der Waals surface area (Å²) in [6, 6.07) is 1.73. The number of rotatable bonds is 4. The molecule has 0 radical (unpaired) electrons. The second-order valence-electron chi connectivity index (χ2n) is 4.23. The molecule has 0 saturated carbocycles. The highest BCUT2D eigenvalue weighted by Gasteiger charge is 2.22. The molecule has 0 spiro atoms. The summed E-state index contributed by atoms with van der Waals surface area (Å²) in [6.07, 6.45) is 3.15. The largest absolute Gasteiger partial charge is 0.326 e. The van der Waals surface area contributed by atoms with Gasteiger partial charge in [-0.3, -0.25) is 9.71 Å². The minimum atomic E-state index is -3.62. The van der Waals surface area contributed by atoms with Gasteiger partial charge in [-0.15, -0.1) is 11.3 Å². The Labute approximate surface area is 116 Å². The van der Waals surface area contributed by atoms with Gasteiger partial charge in [-0.1, -0.05) is 0 Å². The fourth-order valence-corrected chi connectivity index (χ4v) is 4.55. The molecular formula is C12H15N3O2S2. The Hall–Kier alpha value is -1.44. The maximum Gasteiger partial charge on any atom is 0.263 e. The summed E-state index contributed by atoms with van der Waals surface area (Å²) >= 11 is 1.36. The molecule has 0 aliphatic carbocycles. The third kappa shape index (κ3) is 2.94. The van der Waals surface area contributed by atoms with Crippen LogP contribution in [0.3, 0.4) is 0 Å². The predicted octanol–water partition coefficient (Wildman–Crippen LogP) is 2.02. The van der Waals surface area contributed by atoms with Crippen molar-refractivity contribution in [1.82, 2.24) is 4.98 Å². The standard InChI is InChI=1S/C12H15N3O2S2/c1-8-3-10(6-14-5-8)15-19(16,17)12-9(2)7-18-11(12)4-13/h3,5-7,15H,4,13H2,1-2H3. The van der Waals surface area contributed by atoms with Crippen molar-refractivity contribution in [1.29, 1.82) is 0 Å². The van der Waals surface area contributed by atoms with Gasteiger partial charge in [0.05, 0.1) is 11.9 Å². The van der Waals surface area contributed by atoms with E-state index in [1.807, 2.05) is 6.92 Å². The lowest BCUT2D eigenvalue weighted by Crippen LogP contribution is -2.16. The number of nitrogens with two attached hydrogens (primary N) is 1. The van der Waals surface area contributed by atoms with E-state index in [2.05, 4.69) is 9.71 Å². The lowest BCUT2D eigenvalue weighted by atomic mass is 10.3. The summed E-state index contributed by atoms with van der Waals surface area (Å²) in [5.41, 5.74) is 7.63. The molecule has 0 atom stereocenters. The van der Waals surface area contributed by atoms with Crippen LogP contribution in [-0.2, 0) is 16.6 Å². The number of aryl methyl sites for hydroxylation is 2. The van der Waals surface area contributed by atoms with Crippen LogP contribution in [0.25, 0.3) is 0 Å². The highest BCUT2D eigenvalue weighted by atomic mass is 32.2. The van der Waals surface area contributed by atoms with Crippen molar-refractivity contribution in [3.05, 3.63) is 39.8 Å². The first-order valence-electron chi connectivity index (χ1n) is 5.65. The van der Waals surface area contributed by atoms with Gasteiger partial charge in [0.2, 0.25) is 0 Å². The summed E-state index contributed by atoms with van der Waals surface area (Å²) in [5, 5.41) is 1.80. The van der Waals surface area contributed by atoms with Crippen LogP contribution in [0.2, 0.25) is 0 Å². The number of hydrogen-bond donors (Lipinski definition) is 2. The van der Waals surface area contributed by atoms with Gasteiger partial charge in [-0.05, 0) is 36.4 Å². The molecule has 0 fully saturated rings. The Kier molecular flexibility index (Phi) is 3.88. The van der Waals surface area contributed by atoms with E-state index in [1.54, 1.807) is 24.6 Å². The van der Waals surface area contributed by atoms with Gasteiger partial charge in [-0.25, -0.2) is 8.42 Å². The molecule has 0 amide bonds. The molecule has 0 bridgehead atoms. The van der Waals surface area contributed by atoms with E-state index in [1.165, 1.54) is 17.5 Å². The Morgan fingerprint density at radius 1 is 1.37 bits per heavy atom. The minimum absolute atomic E-state index is 0.209. The molecule has 2 aromatic heterocycles. The predicted molar refractivity (Wildman–Crippen MR) is 76.7 cm³/mol. The third-order valence-electron chi connectivity index (χ3n) is 2.57. The molecule has 19 heavy (non-hydrogen) atoms. The number of sulfonamides is 1. The monoisotopic (exact) mass is 297 g/mol. The normalized spacial score (nSPS) is 11.5. The van der Waals surface area contributed by atoms with Gasteiger partial charge in [0.25, 0.3) is 10.0 Å². The van der Waals surface area contributed by atoms with Gasteiger partial charge in [-0.2, -0.15) is 0 Å². The fraction of sp³-hybridized carbons (Fsp3) is 0.250. The van der Waals surface area contributed by atoms with Crippen LogP contribution < -0.4 is 10.5 Å². The molecule has 102 valence electrons. The maximum absolute atomic E-state index is 12.4. The molecule has 2 heterocycles. The SMILES string of the molecule is Cc1cncc(NS(=O)(=O)c2c(C)csc2CN)c1. The van der Waals surface area contributed by atoms with E-state index in [9.17, 15) is 8.42 Å². The maximum atomic E-state index is 12.4. The summed E-state index contributed by atoms with van der Waals surface area (Å²) < 4.78 is 27.3. The van der Waals surface area contributed by atoms with Gasteiger partial charge < -0.3 is 5.73 Å². The number of thiophene rings is 1. The number of hydrogen-bond acceptors (Lipinski definition) is 5. The Balaban J connectivity index is 2.40. The highest BCUT2D eigenvalue weighted by molar-refractivity contribution is 7.93. The fourth-order valence-electron chi connectivity index (χ4n) is 1.81. The molecule has 0 unspecified atom stereocenters. The highest BCUT2D eigenvalue weighted by Crippen LogP contribution is 2.28. The number of nitrogens with zero attached hydrogens (tertiary/aromatic N) is 1. The zero-order valence-electron chi connectivity index (χ0n) is 10.7. The van der Waals surface area contributed by atoms with Crippen LogP contribution in [-0.4, -0.2) is 13.4 Å². The van der Waals surface area contributed by atoms with E-state index in [4.69, 9.17) is 5.73 Å². The topological polar surface area (TPSA) is 85.1 Å². The van der Waals surface area contributed by atoms with E-state index in [0.717, 1.165) is 5.56 Å². The second-order valence-corrected chi connectivity index (χ2v) is 6.82. The first-order chi connectivity index (χ1) is 8.94. The van der Waals surface area contributed by atoms with Crippen LogP contribution in [0.5, 0.6) is 0 Å². The molecule has 3 N–H and O–H groups in total. The summed E-state index contributed by atoms with van der Waals surface area (Å²) in [4.78, 5) is 4.90. The van der Waals surface area contributed by atoms with Gasteiger partial charge in [0.1, 0.15) is 4.90 Å².